The van der Waals surface area contributed by atoms with Gasteiger partial charge in [-0.1, -0.05) is 12.2 Å². The van der Waals surface area contributed by atoms with Crippen LogP contribution in [0.25, 0.3) is 0 Å². The molecule has 0 bridgehead atoms. The topological polar surface area (TPSA) is 49.3 Å². The lowest BCUT2D eigenvalue weighted by Crippen LogP contribution is -2.28. The highest BCUT2D eigenvalue weighted by Gasteiger charge is 2.14. The fourth-order valence-electron chi connectivity index (χ4n) is 1.76. The maximum Gasteiger partial charge on any atom is 0.220 e. The van der Waals surface area contributed by atoms with Crippen LogP contribution in [0, 0.1) is 5.92 Å². The maximum atomic E-state index is 11.6. The molecule has 4 heteroatoms. The highest BCUT2D eigenvalue weighted by Crippen LogP contribution is 2.19. The predicted octanol–water partition coefficient (Wildman–Crippen LogP) is 1.96. The Morgan fingerprint density at radius 2 is 2.35 bits per heavy atom. The molecule has 3 nitrogen and oxygen atoms in total. The third-order valence-electron chi connectivity index (χ3n) is 2.58. The normalized spacial score (nSPS) is 19.6. The average molecular weight is 257 g/mol. The molecule has 0 aromatic rings. The smallest absolute Gasteiger partial charge is 0.220 e. The number of amides is 1. The molecule has 1 aliphatic carbocycles. The van der Waals surface area contributed by atoms with Gasteiger partial charge in [-0.3, -0.25) is 4.79 Å². The average Bonchev–Trinajstić information content (AvgIpc) is 2.68. The molecule has 98 valence electrons. The summed E-state index contributed by atoms with van der Waals surface area (Å²) in [5.41, 5.74) is -0.622. The molecule has 1 rings (SSSR count). The van der Waals surface area contributed by atoms with Crippen LogP contribution in [-0.4, -0.2) is 34.7 Å². The first kappa shape index (κ1) is 14.6. The van der Waals surface area contributed by atoms with Gasteiger partial charge in [-0.05, 0) is 32.6 Å². The lowest BCUT2D eigenvalue weighted by atomic mass is 10.1. The van der Waals surface area contributed by atoms with Gasteiger partial charge in [0.05, 0.1) is 5.60 Å². The van der Waals surface area contributed by atoms with Crippen molar-refractivity contribution >= 4 is 17.7 Å². The van der Waals surface area contributed by atoms with E-state index < -0.39 is 5.60 Å². The highest BCUT2D eigenvalue weighted by molar-refractivity contribution is 7.99. The molecule has 0 fully saturated rings. The van der Waals surface area contributed by atoms with Crippen molar-refractivity contribution in [1.29, 1.82) is 0 Å². The molecule has 0 spiro atoms. The number of rotatable bonds is 7. The summed E-state index contributed by atoms with van der Waals surface area (Å²) in [6, 6.07) is 0. The van der Waals surface area contributed by atoms with E-state index in [0.717, 1.165) is 18.6 Å². The molecule has 1 amide bonds. The minimum atomic E-state index is -0.622. The molecule has 0 saturated heterocycles. The Hall–Kier alpha value is -0.480. The van der Waals surface area contributed by atoms with Gasteiger partial charge in [0.1, 0.15) is 0 Å². The van der Waals surface area contributed by atoms with E-state index in [0.29, 0.717) is 24.6 Å². The minimum Gasteiger partial charge on any atom is -0.390 e. The first-order valence-electron chi connectivity index (χ1n) is 6.21. The van der Waals surface area contributed by atoms with Crippen LogP contribution >= 0.6 is 11.8 Å². The van der Waals surface area contributed by atoms with Crippen molar-refractivity contribution in [2.75, 3.05) is 18.1 Å². The molecule has 1 aliphatic rings. The van der Waals surface area contributed by atoms with E-state index in [1.54, 1.807) is 25.6 Å². The molecule has 17 heavy (non-hydrogen) atoms. The Labute approximate surface area is 108 Å². The third kappa shape index (κ3) is 7.45. The van der Waals surface area contributed by atoms with Crippen LogP contribution in [0.1, 0.15) is 33.1 Å². The third-order valence-corrected chi connectivity index (χ3v) is 3.99. The first-order chi connectivity index (χ1) is 7.97. The Morgan fingerprint density at radius 1 is 1.59 bits per heavy atom. The van der Waals surface area contributed by atoms with Gasteiger partial charge in [0.2, 0.25) is 5.91 Å². The second-order valence-electron chi connectivity index (χ2n) is 5.18. The molecule has 0 aromatic carbocycles. The highest BCUT2D eigenvalue weighted by atomic mass is 32.2. The van der Waals surface area contributed by atoms with E-state index in [1.807, 2.05) is 0 Å². The number of aliphatic hydroxyl groups is 1. The van der Waals surface area contributed by atoms with Crippen LogP contribution in [0.4, 0.5) is 0 Å². The second-order valence-corrected chi connectivity index (χ2v) is 6.29. The number of nitrogens with one attached hydrogen (secondary N) is 1. The van der Waals surface area contributed by atoms with Gasteiger partial charge in [-0.15, -0.1) is 0 Å². The standard InChI is InChI=1S/C13H23NO2S/c1-13(2,16)10-17-8-7-14-12(15)9-11-5-3-4-6-11/h3,5,11,16H,4,6-10H2,1-2H3,(H,14,15)/t11-/m1/s1. The Kier molecular flexibility index (Phi) is 6.06. The van der Waals surface area contributed by atoms with Crippen molar-refractivity contribution < 1.29 is 9.90 Å². The Morgan fingerprint density at radius 3 is 2.94 bits per heavy atom. The van der Waals surface area contributed by atoms with Gasteiger partial charge < -0.3 is 10.4 Å². The molecular weight excluding hydrogens is 234 g/mol. The van der Waals surface area contributed by atoms with Gasteiger partial charge in [0.25, 0.3) is 0 Å². The molecule has 0 heterocycles. The summed E-state index contributed by atoms with van der Waals surface area (Å²) >= 11 is 1.67. The van der Waals surface area contributed by atoms with Crippen LogP contribution in [0.5, 0.6) is 0 Å². The molecule has 0 saturated carbocycles. The Bertz CT molecular complexity index is 271. The largest absolute Gasteiger partial charge is 0.390 e. The number of carbonyl (C=O) groups excluding carboxylic acids is 1. The molecule has 0 aliphatic heterocycles. The van der Waals surface area contributed by atoms with Crippen molar-refractivity contribution in [3.05, 3.63) is 12.2 Å². The summed E-state index contributed by atoms with van der Waals surface area (Å²) < 4.78 is 0. The minimum absolute atomic E-state index is 0.144. The van der Waals surface area contributed by atoms with Gasteiger partial charge in [0.15, 0.2) is 0 Å². The summed E-state index contributed by atoms with van der Waals surface area (Å²) in [6.07, 6.45) is 7.13. The van der Waals surface area contributed by atoms with Crippen LogP contribution in [0.3, 0.4) is 0 Å². The number of hydrogen-bond acceptors (Lipinski definition) is 3. The van der Waals surface area contributed by atoms with Crippen LogP contribution in [-0.2, 0) is 4.79 Å². The van der Waals surface area contributed by atoms with Crippen molar-refractivity contribution in [2.24, 2.45) is 5.92 Å². The molecule has 0 aromatic heterocycles. The number of carbonyl (C=O) groups is 1. The van der Waals surface area contributed by atoms with E-state index in [4.69, 9.17) is 0 Å². The maximum absolute atomic E-state index is 11.6. The molecular formula is C13H23NO2S. The SMILES string of the molecule is CC(C)(O)CSCCNC(=O)C[C@@H]1C=CCC1. The van der Waals surface area contributed by atoms with Crippen molar-refractivity contribution in [3.8, 4) is 0 Å². The van der Waals surface area contributed by atoms with Crippen molar-refractivity contribution in [3.63, 3.8) is 0 Å². The zero-order valence-corrected chi connectivity index (χ0v) is 11.6. The van der Waals surface area contributed by atoms with Crippen LogP contribution in [0.15, 0.2) is 12.2 Å². The van der Waals surface area contributed by atoms with E-state index >= 15 is 0 Å². The predicted molar refractivity (Wildman–Crippen MR) is 73.1 cm³/mol. The fourth-order valence-corrected chi connectivity index (χ4v) is 2.65. The number of thioether (sulfide) groups is 1. The molecule has 0 radical (unpaired) electrons. The number of allylic oxidation sites excluding steroid dienone is 2. The quantitative estimate of drug-likeness (QED) is 0.541. The summed E-state index contributed by atoms with van der Waals surface area (Å²) in [5, 5.41) is 12.4. The Balaban J connectivity index is 1.98. The second kappa shape index (κ2) is 7.07. The summed E-state index contributed by atoms with van der Waals surface area (Å²) in [4.78, 5) is 11.6. The number of hydrogen-bond donors (Lipinski definition) is 2. The molecule has 1 atom stereocenters. The van der Waals surface area contributed by atoms with E-state index in [1.165, 1.54) is 0 Å². The van der Waals surface area contributed by atoms with Gasteiger partial charge >= 0.3 is 0 Å². The summed E-state index contributed by atoms with van der Waals surface area (Å²) in [6.45, 7) is 4.28. The van der Waals surface area contributed by atoms with E-state index in [-0.39, 0.29) is 5.91 Å². The van der Waals surface area contributed by atoms with E-state index in [9.17, 15) is 9.90 Å². The lowest BCUT2D eigenvalue weighted by molar-refractivity contribution is -0.121. The van der Waals surface area contributed by atoms with Crippen LogP contribution in [0.2, 0.25) is 0 Å². The van der Waals surface area contributed by atoms with Gasteiger partial charge in [0, 0.05) is 24.5 Å². The fraction of sp³-hybridized carbons (Fsp3) is 0.769. The lowest BCUT2D eigenvalue weighted by Gasteiger charge is -2.16. The van der Waals surface area contributed by atoms with Crippen molar-refractivity contribution in [2.45, 2.75) is 38.7 Å². The van der Waals surface area contributed by atoms with Gasteiger partial charge in [-0.25, -0.2) is 0 Å². The summed E-state index contributed by atoms with van der Waals surface area (Å²) in [7, 11) is 0. The molecule has 0 unspecified atom stereocenters. The first-order valence-corrected chi connectivity index (χ1v) is 7.36. The van der Waals surface area contributed by atoms with Crippen LogP contribution < -0.4 is 5.32 Å². The monoisotopic (exact) mass is 257 g/mol. The van der Waals surface area contributed by atoms with Crippen molar-refractivity contribution in [1.82, 2.24) is 5.32 Å². The summed E-state index contributed by atoms with van der Waals surface area (Å²) in [5.74, 6) is 2.15. The zero-order chi connectivity index (χ0) is 12.7. The van der Waals surface area contributed by atoms with Gasteiger partial charge in [-0.2, -0.15) is 11.8 Å². The van der Waals surface area contributed by atoms with E-state index in [2.05, 4.69) is 17.5 Å². The molecule has 2 N–H and O–H groups in total. The zero-order valence-electron chi connectivity index (χ0n) is 10.7.